The first-order valence-corrected chi connectivity index (χ1v) is 11.6. The van der Waals surface area contributed by atoms with E-state index >= 15 is 0 Å². The molecule has 0 aliphatic rings. The quantitative estimate of drug-likeness (QED) is 0.436. The molecule has 0 aliphatic heterocycles. The van der Waals surface area contributed by atoms with Crippen LogP contribution >= 0.6 is 11.3 Å². The second kappa shape index (κ2) is 10.4. The number of hydrogen-bond acceptors (Lipinski definition) is 3. The van der Waals surface area contributed by atoms with Crippen molar-refractivity contribution in [2.45, 2.75) is 45.6 Å². The molecule has 0 spiro atoms. The Hall–Kier alpha value is -3.18. The molecule has 1 atom stereocenters. The van der Waals surface area contributed by atoms with Crippen molar-refractivity contribution in [3.8, 4) is 0 Å². The number of aryl methyl sites for hydroxylation is 1. The monoisotopic (exact) mass is 446 g/mol. The number of amides is 2. The largest absolute Gasteiger partial charge is 0.348 e. The normalized spacial score (nSPS) is 12.8. The maximum Gasteiger partial charge on any atom is 0.268 e. The lowest BCUT2D eigenvalue weighted by Crippen LogP contribution is -2.41. The van der Waals surface area contributed by atoms with Gasteiger partial charge in [0, 0.05) is 16.5 Å². The van der Waals surface area contributed by atoms with Gasteiger partial charge in [0.2, 0.25) is 0 Å². The molecule has 4 nitrogen and oxygen atoms in total. The van der Waals surface area contributed by atoms with Crippen LogP contribution in [0.5, 0.6) is 0 Å². The highest BCUT2D eigenvalue weighted by atomic mass is 32.1. The molecule has 2 amide bonds. The van der Waals surface area contributed by atoms with Gasteiger partial charge in [0.05, 0.1) is 0 Å². The van der Waals surface area contributed by atoms with Gasteiger partial charge in [-0.2, -0.15) is 0 Å². The zero-order valence-electron chi connectivity index (χ0n) is 19.0. The molecule has 0 fully saturated rings. The Kier molecular flexibility index (Phi) is 7.65. The van der Waals surface area contributed by atoms with E-state index in [4.69, 9.17) is 0 Å². The molecule has 2 N–H and O–H groups in total. The maximum atomic E-state index is 13.1. The van der Waals surface area contributed by atoms with Gasteiger partial charge in [-0.05, 0) is 60.9 Å². The van der Waals surface area contributed by atoms with E-state index in [1.165, 1.54) is 16.9 Å². The molecule has 1 unspecified atom stereocenters. The van der Waals surface area contributed by atoms with Gasteiger partial charge < -0.3 is 10.6 Å². The standard InChI is InChI=1S/C27H30N2O2S/c1-19-10-8-11-21(16-19)25(30)29-24(17-23-14-9-15-32-23)26(31)28-20(2)18-27(3,4)22-12-6-5-7-13-22/h5-17,20H,18H2,1-4H3,(H,28,31)(H,29,30)/b24-17-. The summed E-state index contributed by atoms with van der Waals surface area (Å²) in [5.74, 6) is -0.598. The van der Waals surface area contributed by atoms with Crippen LogP contribution in [-0.2, 0) is 10.2 Å². The smallest absolute Gasteiger partial charge is 0.268 e. The third-order valence-electron chi connectivity index (χ3n) is 5.35. The zero-order chi connectivity index (χ0) is 23.1. The summed E-state index contributed by atoms with van der Waals surface area (Å²) in [6.45, 7) is 8.27. The molecular weight excluding hydrogens is 416 g/mol. The molecule has 5 heteroatoms. The maximum absolute atomic E-state index is 13.1. The van der Waals surface area contributed by atoms with E-state index in [0.717, 1.165) is 16.9 Å². The van der Waals surface area contributed by atoms with Gasteiger partial charge in [0.1, 0.15) is 5.70 Å². The molecule has 0 aliphatic carbocycles. The Morgan fingerprint density at radius 2 is 1.78 bits per heavy atom. The van der Waals surface area contributed by atoms with Crippen LogP contribution in [0.2, 0.25) is 0 Å². The average molecular weight is 447 g/mol. The minimum Gasteiger partial charge on any atom is -0.348 e. The Morgan fingerprint density at radius 1 is 1.03 bits per heavy atom. The van der Waals surface area contributed by atoms with Crippen LogP contribution in [0, 0.1) is 6.92 Å². The number of thiophene rings is 1. The molecule has 0 bridgehead atoms. The second-order valence-corrected chi connectivity index (χ2v) is 9.70. The molecule has 32 heavy (non-hydrogen) atoms. The first-order chi connectivity index (χ1) is 15.2. The number of benzene rings is 2. The highest BCUT2D eigenvalue weighted by Gasteiger charge is 2.25. The minimum absolute atomic E-state index is 0.0830. The summed E-state index contributed by atoms with van der Waals surface area (Å²) in [5, 5.41) is 7.82. The highest BCUT2D eigenvalue weighted by molar-refractivity contribution is 7.10. The Balaban J connectivity index is 1.74. The first-order valence-electron chi connectivity index (χ1n) is 10.7. The fourth-order valence-corrected chi connectivity index (χ4v) is 4.44. The van der Waals surface area contributed by atoms with Crippen molar-refractivity contribution in [1.29, 1.82) is 0 Å². The van der Waals surface area contributed by atoms with Gasteiger partial charge in [0.15, 0.2) is 0 Å². The molecule has 0 saturated carbocycles. The lowest BCUT2D eigenvalue weighted by atomic mass is 9.79. The van der Waals surface area contributed by atoms with E-state index in [1.54, 1.807) is 18.2 Å². The Morgan fingerprint density at radius 3 is 2.44 bits per heavy atom. The number of carbonyl (C=O) groups excluding carboxylic acids is 2. The fourth-order valence-electron chi connectivity index (χ4n) is 3.78. The molecule has 1 heterocycles. The van der Waals surface area contributed by atoms with Crippen molar-refractivity contribution in [2.75, 3.05) is 0 Å². The number of carbonyl (C=O) groups is 2. The molecule has 1 aromatic heterocycles. The third-order valence-corrected chi connectivity index (χ3v) is 6.17. The first kappa shape index (κ1) is 23.5. The van der Waals surface area contributed by atoms with Crippen molar-refractivity contribution < 1.29 is 9.59 Å². The van der Waals surface area contributed by atoms with Crippen LogP contribution in [-0.4, -0.2) is 17.9 Å². The van der Waals surface area contributed by atoms with E-state index in [0.29, 0.717) is 5.56 Å². The number of hydrogen-bond donors (Lipinski definition) is 2. The average Bonchev–Trinajstić information content (AvgIpc) is 3.26. The van der Waals surface area contributed by atoms with Crippen LogP contribution in [0.3, 0.4) is 0 Å². The molecule has 0 radical (unpaired) electrons. The van der Waals surface area contributed by atoms with E-state index in [1.807, 2.05) is 61.7 Å². The summed E-state index contributed by atoms with van der Waals surface area (Å²) < 4.78 is 0. The van der Waals surface area contributed by atoms with Crippen LogP contribution in [0.1, 0.15) is 53.6 Å². The highest BCUT2D eigenvalue weighted by Crippen LogP contribution is 2.28. The summed E-state index contributed by atoms with van der Waals surface area (Å²) in [6, 6.07) is 21.4. The molecular formula is C27H30N2O2S. The van der Waals surface area contributed by atoms with Gasteiger partial charge in [-0.15, -0.1) is 11.3 Å². The lowest BCUT2D eigenvalue weighted by molar-refractivity contribution is -0.118. The van der Waals surface area contributed by atoms with Gasteiger partial charge >= 0.3 is 0 Å². The van der Waals surface area contributed by atoms with Gasteiger partial charge in [-0.25, -0.2) is 0 Å². The summed E-state index contributed by atoms with van der Waals surface area (Å²) >= 11 is 1.51. The van der Waals surface area contributed by atoms with Crippen molar-refractivity contribution in [3.63, 3.8) is 0 Å². The summed E-state index contributed by atoms with van der Waals surface area (Å²) in [4.78, 5) is 26.9. The van der Waals surface area contributed by atoms with Crippen molar-refractivity contribution >= 4 is 29.2 Å². The SMILES string of the molecule is Cc1cccc(C(=O)N/C(=C\c2cccs2)C(=O)NC(C)CC(C)(C)c2ccccc2)c1. The van der Waals surface area contributed by atoms with Gasteiger partial charge in [-0.1, -0.05) is 67.9 Å². The number of rotatable bonds is 8. The van der Waals surface area contributed by atoms with E-state index in [2.05, 4.69) is 36.6 Å². The van der Waals surface area contributed by atoms with E-state index in [-0.39, 0.29) is 29.0 Å². The predicted octanol–water partition coefficient (Wildman–Crippen LogP) is 5.70. The minimum atomic E-state index is -0.302. The van der Waals surface area contributed by atoms with Crippen molar-refractivity contribution in [2.24, 2.45) is 0 Å². The zero-order valence-corrected chi connectivity index (χ0v) is 19.8. The van der Waals surface area contributed by atoms with Crippen LogP contribution in [0.4, 0.5) is 0 Å². The molecule has 3 aromatic rings. The summed E-state index contributed by atoms with van der Waals surface area (Å²) in [5.41, 5.74) is 2.87. The van der Waals surface area contributed by atoms with Crippen molar-refractivity contribution in [3.05, 3.63) is 99.4 Å². The second-order valence-electron chi connectivity index (χ2n) is 8.73. The summed E-state index contributed by atoms with van der Waals surface area (Å²) in [6.07, 6.45) is 2.49. The molecule has 2 aromatic carbocycles. The van der Waals surface area contributed by atoms with Gasteiger partial charge in [-0.3, -0.25) is 9.59 Å². The van der Waals surface area contributed by atoms with E-state index in [9.17, 15) is 9.59 Å². The fraction of sp³-hybridized carbons (Fsp3) is 0.259. The van der Waals surface area contributed by atoms with Crippen LogP contribution < -0.4 is 10.6 Å². The van der Waals surface area contributed by atoms with Crippen molar-refractivity contribution in [1.82, 2.24) is 10.6 Å². The topological polar surface area (TPSA) is 58.2 Å². The number of nitrogens with one attached hydrogen (secondary N) is 2. The predicted molar refractivity (Wildman–Crippen MR) is 133 cm³/mol. The molecule has 3 rings (SSSR count). The van der Waals surface area contributed by atoms with Crippen LogP contribution in [0.25, 0.3) is 6.08 Å². The van der Waals surface area contributed by atoms with E-state index < -0.39 is 0 Å². The lowest BCUT2D eigenvalue weighted by Gasteiger charge is -2.29. The Labute approximate surface area is 194 Å². The van der Waals surface area contributed by atoms with Gasteiger partial charge in [0.25, 0.3) is 11.8 Å². The summed E-state index contributed by atoms with van der Waals surface area (Å²) in [7, 11) is 0. The molecule has 166 valence electrons. The molecule has 0 saturated heterocycles. The van der Waals surface area contributed by atoms with Crippen LogP contribution in [0.15, 0.2) is 77.8 Å². The third kappa shape index (κ3) is 6.41. The Bertz CT molecular complexity index is 1090.